The second-order valence-electron chi connectivity index (χ2n) is 6.03. The molecule has 0 bridgehead atoms. The Labute approximate surface area is 136 Å². The van der Waals surface area contributed by atoms with Crippen LogP contribution in [0.3, 0.4) is 0 Å². The Kier molecular flexibility index (Phi) is 5.28. The van der Waals surface area contributed by atoms with Gasteiger partial charge in [-0.2, -0.15) is 11.3 Å². The minimum absolute atomic E-state index is 0.243. The van der Waals surface area contributed by atoms with Crippen LogP contribution in [0.5, 0.6) is 0 Å². The van der Waals surface area contributed by atoms with Gasteiger partial charge in [0.2, 0.25) is 5.91 Å². The summed E-state index contributed by atoms with van der Waals surface area (Å²) in [7, 11) is 0. The van der Waals surface area contributed by atoms with Gasteiger partial charge in [0.1, 0.15) is 0 Å². The van der Waals surface area contributed by atoms with E-state index in [0.29, 0.717) is 12.5 Å². The number of fused-ring (bicyclic) bond motifs is 1. The van der Waals surface area contributed by atoms with E-state index < -0.39 is 0 Å². The second kappa shape index (κ2) is 7.40. The second-order valence-corrected chi connectivity index (χ2v) is 6.81. The van der Waals surface area contributed by atoms with E-state index in [0.717, 1.165) is 51.2 Å². The lowest BCUT2D eigenvalue weighted by Crippen LogP contribution is -2.51. The summed E-state index contributed by atoms with van der Waals surface area (Å²) in [6.07, 6.45) is 4.68. The Morgan fingerprint density at radius 3 is 3.05 bits per heavy atom. The number of carbonyl (C=O) groups excluding carboxylic acids is 1. The van der Waals surface area contributed by atoms with Gasteiger partial charge in [0, 0.05) is 32.2 Å². The number of ether oxygens (including phenoxy) is 1. The van der Waals surface area contributed by atoms with E-state index in [1.807, 2.05) is 22.4 Å². The standard InChI is InChI=1S/C17H24N2O2S/c1-2-6-18-9-10-21-16-4-8-19(7-3-15(16)18)17(20)12-14-5-11-22-13-14/h2,5,11,13,15-16H,1,3-4,6-10,12H2. The first-order chi connectivity index (χ1) is 10.8. The van der Waals surface area contributed by atoms with Gasteiger partial charge in [0.05, 0.1) is 19.1 Å². The van der Waals surface area contributed by atoms with E-state index in [2.05, 4.69) is 16.9 Å². The number of likely N-dealkylation sites (tertiary alicyclic amines) is 1. The van der Waals surface area contributed by atoms with Crippen molar-refractivity contribution >= 4 is 17.2 Å². The molecular weight excluding hydrogens is 296 g/mol. The lowest BCUT2D eigenvalue weighted by atomic mass is 10.0. The predicted molar refractivity (Wildman–Crippen MR) is 89.1 cm³/mol. The Morgan fingerprint density at radius 1 is 1.41 bits per heavy atom. The molecule has 0 saturated carbocycles. The van der Waals surface area contributed by atoms with Gasteiger partial charge in [0.15, 0.2) is 0 Å². The van der Waals surface area contributed by atoms with Crippen LogP contribution in [0.2, 0.25) is 0 Å². The highest BCUT2D eigenvalue weighted by Gasteiger charge is 2.34. The van der Waals surface area contributed by atoms with Crippen LogP contribution >= 0.6 is 11.3 Å². The molecule has 1 aromatic rings. The van der Waals surface area contributed by atoms with Crippen molar-refractivity contribution in [3.8, 4) is 0 Å². The number of carbonyl (C=O) groups is 1. The number of hydrogen-bond donors (Lipinski definition) is 0. The lowest BCUT2D eigenvalue weighted by Gasteiger charge is -2.39. The van der Waals surface area contributed by atoms with E-state index in [-0.39, 0.29) is 12.0 Å². The molecule has 2 unspecified atom stereocenters. The van der Waals surface area contributed by atoms with Gasteiger partial charge in [-0.3, -0.25) is 9.69 Å². The van der Waals surface area contributed by atoms with Crippen molar-refractivity contribution in [1.29, 1.82) is 0 Å². The van der Waals surface area contributed by atoms with Crippen LogP contribution in [0.1, 0.15) is 18.4 Å². The van der Waals surface area contributed by atoms with Crippen LogP contribution in [0.15, 0.2) is 29.5 Å². The van der Waals surface area contributed by atoms with E-state index in [4.69, 9.17) is 4.74 Å². The number of nitrogens with zero attached hydrogens (tertiary/aromatic N) is 2. The van der Waals surface area contributed by atoms with Crippen molar-refractivity contribution < 1.29 is 9.53 Å². The molecule has 0 aliphatic carbocycles. The van der Waals surface area contributed by atoms with Crippen molar-refractivity contribution in [2.45, 2.75) is 31.4 Å². The molecule has 22 heavy (non-hydrogen) atoms. The fraction of sp³-hybridized carbons (Fsp3) is 0.588. The fourth-order valence-corrected chi connectivity index (χ4v) is 4.15. The average molecular weight is 320 g/mol. The zero-order valence-corrected chi connectivity index (χ0v) is 13.8. The zero-order chi connectivity index (χ0) is 15.4. The minimum atomic E-state index is 0.243. The van der Waals surface area contributed by atoms with Gasteiger partial charge in [-0.15, -0.1) is 6.58 Å². The van der Waals surface area contributed by atoms with Gasteiger partial charge in [-0.1, -0.05) is 6.08 Å². The molecule has 2 aliphatic heterocycles. The van der Waals surface area contributed by atoms with E-state index >= 15 is 0 Å². The van der Waals surface area contributed by atoms with Crippen LogP contribution in [0, 0.1) is 0 Å². The molecule has 2 aliphatic rings. The Morgan fingerprint density at radius 2 is 2.27 bits per heavy atom. The minimum Gasteiger partial charge on any atom is -0.375 e. The number of rotatable bonds is 4. The number of thiophene rings is 1. The Hall–Kier alpha value is -1.17. The van der Waals surface area contributed by atoms with Crippen LogP contribution < -0.4 is 0 Å². The van der Waals surface area contributed by atoms with Crippen molar-refractivity contribution in [3.05, 3.63) is 35.0 Å². The highest BCUT2D eigenvalue weighted by Crippen LogP contribution is 2.24. The van der Waals surface area contributed by atoms with Crippen LogP contribution in [-0.2, 0) is 16.0 Å². The third-order valence-corrected chi connectivity index (χ3v) is 5.37. The number of morpholine rings is 1. The summed E-state index contributed by atoms with van der Waals surface area (Å²) in [5.41, 5.74) is 1.13. The first kappa shape index (κ1) is 15.7. The quantitative estimate of drug-likeness (QED) is 0.797. The maximum atomic E-state index is 12.5. The van der Waals surface area contributed by atoms with Crippen LogP contribution in [-0.4, -0.2) is 60.6 Å². The van der Waals surface area contributed by atoms with Gasteiger partial charge < -0.3 is 9.64 Å². The van der Waals surface area contributed by atoms with Gasteiger partial charge >= 0.3 is 0 Å². The molecule has 5 heteroatoms. The molecule has 1 aromatic heterocycles. The summed E-state index contributed by atoms with van der Waals surface area (Å²) in [6, 6.07) is 2.46. The smallest absolute Gasteiger partial charge is 0.227 e. The third-order valence-electron chi connectivity index (χ3n) is 4.64. The molecule has 0 aromatic carbocycles. The Bertz CT molecular complexity index is 503. The van der Waals surface area contributed by atoms with Crippen molar-refractivity contribution in [2.24, 2.45) is 0 Å². The van der Waals surface area contributed by atoms with Crippen molar-refractivity contribution in [1.82, 2.24) is 9.80 Å². The lowest BCUT2D eigenvalue weighted by molar-refractivity contribution is -0.130. The van der Waals surface area contributed by atoms with E-state index in [9.17, 15) is 4.79 Å². The third kappa shape index (κ3) is 3.59. The maximum absolute atomic E-state index is 12.5. The Balaban J connectivity index is 1.61. The molecule has 0 spiro atoms. The molecule has 0 radical (unpaired) electrons. The molecule has 4 nitrogen and oxygen atoms in total. The molecule has 0 N–H and O–H groups in total. The molecule has 2 saturated heterocycles. The average Bonchev–Trinajstić information content (AvgIpc) is 2.92. The molecule has 2 atom stereocenters. The topological polar surface area (TPSA) is 32.8 Å². The van der Waals surface area contributed by atoms with Gasteiger partial charge in [0.25, 0.3) is 0 Å². The van der Waals surface area contributed by atoms with Crippen molar-refractivity contribution in [3.63, 3.8) is 0 Å². The molecule has 120 valence electrons. The van der Waals surface area contributed by atoms with Crippen LogP contribution in [0.25, 0.3) is 0 Å². The molecule has 2 fully saturated rings. The monoisotopic (exact) mass is 320 g/mol. The number of amides is 1. The zero-order valence-electron chi connectivity index (χ0n) is 12.9. The maximum Gasteiger partial charge on any atom is 0.227 e. The largest absolute Gasteiger partial charge is 0.375 e. The molecule has 3 rings (SSSR count). The highest BCUT2D eigenvalue weighted by molar-refractivity contribution is 7.07. The van der Waals surface area contributed by atoms with Crippen LogP contribution in [0.4, 0.5) is 0 Å². The normalized spacial score (nSPS) is 26.3. The van der Waals surface area contributed by atoms with Gasteiger partial charge in [-0.25, -0.2) is 0 Å². The molecule has 1 amide bonds. The summed E-state index contributed by atoms with van der Waals surface area (Å²) in [4.78, 5) is 17.0. The van der Waals surface area contributed by atoms with Crippen molar-refractivity contribution in [2.75, 3.05) is 32.8 Å². The summed E-state index contributed by atoms with van der Waals surface area (Å²) in [6.45, 7) is 8.17. The summed E-state index contributed by atoms with van der Waals surface area (Å²) < 4.78 is 5.96. The summed E-state index contributed by atoms with van der Waals surface area (Å²) >= 11 is 1.65. The fourth-order valence-electron chi connectivity index (χ4n) is 3.48. The highest BCUT2D eigenvalue weighted by atomic mass is 32.1. The number of hydrogen-bond acceptors (Lipinski definition) is 4. The molecule has 3 heterocycles. The van der Waals surface area contributed by atoms with E-state index in [1.165, 1.54) is 0 Å². The summed E-state index contributed by atoms with van der Waals surface area (Å²) in [5, 5.41) is 4.09. The SMILES string of the molecule is C=CCN1CCOC2CCN(C(=O)Cc3ccsc3)CCC21. The van der Waals surface area contributed by atoms with Gasteiger partial charge in [-0.05, 0) is 35.2 Å². The first-order valence-electron chi connectivity index (χ1n) is 8.03. The molecular formula is C17H24N2O2S. The van der Waals surface area contributed by atoms with E-state index in [1.54, 1.807) is 11.3 Å². The first-order valence-corrected chi connectivity index (χ1v) is 8.97. The summed E-state index contributed by atoms with van der Waals surface area (Å²) in [5.74, 6) is 0.243. The predicted octanol–water partition coefficient (Wildman–Crippen LogP) is 2.17.